The number of carbonyl (C=O) groups is 1. The minimum atomic E-state index is -0.204. The second-order valence-corrected chi connectivity index (χ2v) is 4.14. The molecule has 0 saturated heterocycles. The van der Waals surface area contributed by atoms with Crippen LogP contribution < -0.4 is 17.0 Å². The highest BCUT2D eigenvalue weighted by Gasteiger charge is 2.06. The number of nitrogens with zero attached hydrogens (tertiary/aromatic N) is 2. The Morgan fingerprint density at radius 2 is 2.44 bits per heavy atom. The molecule has 0 spiro atoms. The van der Waals surface area contributed by atoms with E-state index < -0.39 is 0 Å². The maximum absolute atomic E-state index is 11.2. The van der Waals surface area contributed by atoms with E-state index in [9.17, 15) is 9.59 Å². The van der Waals surface area contributed by atoms with Gasteiger partial charge in [-0.15, -0.1) is 5.10 Å². The van der Waals surface area contributed by atoms with Gasteiger partial charge in [-0.3, -0.25) is 14.8 Å². The van der Waals surface area contributed by atoms with Crippen molar-refractivity contribution in [3.05, 3.63) is 10.5 Å². The number of hydrazine groups is 1. The molecular weight excluding hydrogens is 230 g/mol. The van der Waals surface area contributed by atoms with Gasteiger partial charge >= 0.3 is 5.69 Å². The number of nitrogens with one attached hydrogen (secondary N) is 2. The van der Waals surface area contributed by atoms with E-state index in [1.165, 1.54) is 11.8 Å². The molecule has 1 aromatic heterocycles. The smallest absolute Gasteiger partial charge is 0.294 e. The fourth-order valence-corrected chi connectivity index (χ4v) is 2.11. The minimum absolute atomic E-state index is 0.185. The van der Waals surface area contributed by atoms with E-state index in [0.29, 0.717) is 24.5 Å². The summed E-state index contributed by atoms with van der Waals surface area (Å²) >= 11 is 1.44. The van der Waals surface area contributed by atoms with Crippen LogP contribution in [0, 0.1) is 0 Å². The van der Waals surface area contributed by atoms with Gasteiger partial charge in [0.25, 0.3) is 0 Å². The van der Waals surface area contributed by atoms with Gasteiger partial charge in [0.2, 0.25) is 5.91 Å². The van der Waals surface area contributed by atoms with Crippen LogP contribution in [-0.4, -0.2) is 26.4 Å². The Bertz CT molecular complexity index is 399. The SMILES string of the molecule is CCn1c(SCCCC(=O)NN)n[nH]c1=O. The van der Waals surface area contributed by atoms with Crippen LogP contribution in [0.1, 0.15) is 19.8 Å². The Kier molecular flexibility index (Phi) is 5.06. The molecule has 0 unspecified atom stereocenters. The summed E-state index contributed by atoms with van der Waals surface area (Å²) in [4.78, 5) is 22.0. The second-order valence-electron chi connectivity index (χ2n) is 3.08. The topological polar surface area (TPSA) is 106 Å². The molecule has 8 heteroatoms. The van der Waals surface area contributed by atoms with Crippen LogP contribution in [0.25, 0.3) is 0 Å². The maximum atomic E-state index is 11.2. The summed E-state index contributed by atoms with van der Waals surface area (Å²) in [5.74, 6) is 5.48. The third-order valence-corrected chi connectivity index (χ3v) is 3.04. The van der Waals surface area contributed by atoms with Gasteiger partial charge in [0.05, 0.1) is 0 Å². The van der Waals surface area contributed by atoms with E-state index in [0.717, 1.165) is 5.75 Å². The summed E-state index contributed by atoms with van der Waals surface area (Å²) in [5.41, 5.74) is 1.86. The molecule has 4 N–H and O–H groups in total. The monoisotopic (exact) mass is 245 g/mol. The number of hydrogen-bond donors (Lipinski definition) is 3. The van der Waals surface area contributed by atoms with Crippen molar-refractivity contribution >= 4 is 17.7 Å². The van der Waals surface area contributed by atoms with Gasteiger partial charge in [0.1, 0.15) is 0 Å². The summed E-state index contributed by atoms with van der Waals surface area (Å²) in [6.45, 7) is 2.46. The molecule has 0 aromatic carbocycles. The van der Waals surface area contributed by atoms with Crippen LogP contribution in [0.3, 0.4) is 0 Å². The molecule has 16 heavy (non-hydrogen) atoms. The lowest BCUT2D eigenvalue weighted by Crippen LogP contribution is -2.29. The van der Waals surface area contributed by atoms with Crippen LogP contribution in [0.15, 0.2) is 9.95 Å². The van der Waals surface area contributed by atoms with Gasteiger partial charge in [-0.1, -0.05) is 11.8 Å². The molecule has 7 nitrogen and oxygen atoms in total. The zero-order valence-electron chi connectivity index (χ0n) is 9.02. The van der Waals surface area contributed by atoms with Gasteiger partial charge in [0.15, 0.2) is 5.16 Å². The highest BCUT2D eigenvalue weighted by Crippen LogP contribution is 2.14. The lowest BCUT2D eigenvalue weighted by Gasteiger charge is -2.01. The number of nitrogens with two attached hydrogens (primary N) is 1. The number of hydrogen-bond acceptors (Lipinski definition) is 5. The zero-order valence-corrected chi connectivity index (χ0v) is 9.84. The van der Waals surface area contributed by atoms with E-state index in [4.69, 9.17) is 5.84 Å². The standard InChI is InChI=1S/C8H15N5O2S/c1-2-13-7(15)11-12-8(13)16-5-3-4-6(14)10-9/h2-5,9H2,1H3,(H,10,14)(H,11,15). The number of rotatable bonds is 6. The molecular formula is C8H15N5O2S. The molecule has 1 heterocycles. The highest BCUT2D eigenvalue weighted by molar-refractivity contribution is 7.99. The molecule has 0 aliphatic carbocycles. The Morgan fingerprint density at radius 3 is 3.06 bits per heavy atom. The first-order valence-electron chi connectivity index (χ1n) is 4.96. The summed E-state index contributed by atoms with van der Waals surface area (Å²) < 4.78 is 1.55. The lowest BCUT2D eigenvalue weighted by molar-refractivity contribution is -0.121. The van der Waals surface area contributed by atoms with Crippen LogP contribution >= 0.6 is 11.8 Å². The normalized spacial score (nSPS) is 10.4. The lowest BCUT2D eigenvalue weighted by atomic mass is 10.3. The quantitative estimate of drug-likeness (QED) is 0.205. The molecule has 90 valence electrons. The highest BCUT2D eigenvalue weighted by atomic mass is 32.2. The Labute approximate surface area is 96.8 Å². The first-order valence-corrected chi connectivity index (χ1v) is 5.95. The van der Waals surface area contributed by atoms with Crippen molar-refractivity contribution in [1.29, 1.82) is 0 Å². The van der Waals surface area contributed by atoms with Crippen molar-refractivity contribution in [1.82, 2.24) is 20.2 Å². The fourth-order valence-electron chi connectivity index (χ4n) is 1.16. The Balaban J connectivity index is 2.37. The van der Waals surface area contributed by atoms with Gasteiger partial charge in [-0.25, -0.2) is 15.7 Å². The average Bonchev–Trinajstić information content (AvgIpc) is 2.65. The van der Waals surface area contributed by atoms with E-state index in [2.05, 4.69) is 15.6 Å². The van der Waals surface area contributed by atoms with Crippen molar-refractivity contribution in [3.8, 4) is 0 Å². The van der Waals surface area contributed by atoms with E-state index in [-0.39, 0.29) is 11.6 Å². The first kappa shape index (κ1) is 12.8. The number of aromatic amines is 1. The number of aromatic nitrogens is 3. The van der Waals surface area contributed by atoms with Crippen molar-refractivity contribution in [2.75, 3.05) is 5.75 Å². The summed E-state index contributed by atoms with van der Waals surface area (Å²) in [5, 5.41) is 6.93. The zero-order chi connectivity index (χ0) is 12.0. The summed E-state index contributed by atoms with van der Waals surface area (Å²) in [6.07, 6.45) is 1.07. The molecule has 0 aliphatic heterocycles. The minimum Gasteiger partial charge on any atom is -0.294 e. The number of H-pyrrole nitrogens is 1. The molecule has 0 radical (unpaired) electrons. The van der Waals surface area contributed by atoms with Gasteiger partial charge in [0, 0.05) is 18.7 Å². The molecule has 1 amide bonds. The maximum Gasteiger partial charge on any atom is 0.343 e. The van der Waals surface area contributed by atoms with Crippen molar-refractivity contribution < 1.29 is 4.79 Å². The van der Waals surface area contributed by atoms with E-state index in [1.54, 1.807) is 4.57 Å². The third kappa shape index (κ3) is 3.38. The largest absolute Gasteiger partial charge is 0.343 e. The van der Waals surface area contributed by atoms with Gasteiger partial charge in [-0.05, 0) is 13.3 Å². The second kappa shape index (κ2) is 6.33. The Morgan fingerprint density at radius 1 is 1.69 bits per heavy atom. The number of amides is 1. The molecule has 0 atom stereocenters. The van der Waals surface area contributed by atoms with Crippen LogP contribution in [-0.2, 0) is 11.3 Å². The molecule has 1 rings (SSSR count). The van der Waals surface area contributed by atoms with Crippen molar-refractivity contribution in [2.24, 2.45) is 5.84 Å². The van der Waals surface area contributed by atoms with E-state index >= 15 is 0 Å². The molecule has 0 fully saturated rings. The van der Waals surface area contributed by atoms with Crippen LogP contribution in [0.5, 0.6) is 0 Å². The molecule has 0 saturated carbocycles. The fraction of sp³-hybridized carbons (Fsp3) is 0.625. The predicted octanol–water partition coefficient (Wildman–Crippen LogP) is -0.546. The van der Waals surface area contributed by atoms with Crippen LogP contribution in [0.4, 0.5) is 0 Å². The van der Waals surface area contributed by atoms with Crippen LogP contribution in [0.2, 0.25) is 0 Å². The molecule has 0 aliphatic rings. The van der Waals surface area contributed by atoms with Gasteiger partial charge in [-0.2, -0.15) is 0 Å². The first-order chi connectivity index (χ1) is 7.69. The number of carbonyl (C=O) groups excluding carboxylic acids is 1. The Hall–Kier alpha value is -1.28. The van der Waals surface area contributed by atoms with Crippen molar-refractivity contribution in [2.45, 2.75) is 31.5 Å². The molecule has 0 bridgehead atoms. The third-order valence-electron chi connectivity index (χ3n) is 1.98. The predicted molar refractivity (Wildman–Crippen MR) is 60.8 cm³/mol. The van der Waals surface area contributed by atoms with Gasteiger partial charge < -0.3 is 0 Å². The van der Waals surface area contributed by atoms with E-state index in [1.807, 2.05) is 6.92 Å². The number of thioether (sulfide) groups is 1. The average molecular weight is 245 g/mol. The summed E-state index contributed by atoms with van der Waals surface area (Å²) in [6, 6.07) is 0. The molecule has 1 aromatic rings. The van der Waals surface area contributed by atoms with Crippen molar-refractivity contribution in [3.63, 3.8) is 0 Å². The summed E-state index contributed by atoms with van der Waals surface area (Å²) in [7, 11) is 0.